The third kappa shape index (κ3) is 3.94. The van der Waals surface area contributed by atoms with Crippen molar-refractivity contribution in [2.45, 2.75) is 13.5 Å². The van der Waals surface area contributed by atoms with Gasteiger partial charge >= 0.3 is 11.9 Å². The molecular formula is C18H15NO4S2. The maximum absolute atomic E-state index is 12.3. The number of rotatable bonds is 5. The number of hydrogen-bond donors (Lipinski definition) is 0. The lowest BCUT2D eigenvalue weighted by Crippen LogP contribution is -2.05. The third-order valence-corrected chi connectivity index (χ3v) is 5.36. The molecule has 0 bridgehead atoms. The average Bonchev–Trinajstić information content (AvgIpc) is 3.29. The SMILES string of the molecule is COC(=O)c1ccc(COC(=O)c2sc(-c3ccsc3)nc2C)cc1. The van der Waals surface area contributed by atoms with Crippen LogP contribution in [-0.4, -0.2) is 24.0 Å². The first-order chi connectivity index (χ1) is 12.1. The Bertz CT molecular complexity index is 882. The molecular weight excluding hydrogens is 358 g/mol. The predicted molar refractivity (Wildman–Crippen MR) is 97.1 cm³/mol. The molecule has 3 rings (SSSR count). The Balaban J connectivity index is 1.66. The van der Waals surface area contributed by atoms with E-state index in [1.54, 1.807) is 42.5 Å². The molecule has 25 heavy (non-hydrogen) atoms. The number of carbonyl (C=O) groups is 2. The van der Waals surface area contributed by atoms with Crippen molar-refractivity contribution in [2.24, 2.45) is 0 Å². The zero-order valence-electron chi connectivity index (χ0n) is 13.6. The van der Waals surface area contributed by atoms with Gasteiger partial charge < -0.3 is 9.47 Å². The number of benzene rings is 1. The van der Waals surface area contributed by atoms with Gasteiger partial charge in [-0.15, -0.1) is 11.3 Å². The minimum Gasteiger partial charge on any atom is -0.465 e. The van der Waals surface area contributed by atoms with E-state index in [-0.39, 0.29) is 6.61 Å². The number of thiazole rings is 1. The molecule has 2 aromatic heterocycles. The monoisotopic (exact) mass is 373 g/mol. The van der Waals surface area contributed by atoms with Crippen LogP contribution in [0.1, 0.15) is 31.3 Å². The Labute approximate surface area is 152 Å². The van der Waals surface area contributed by atoms with E-state index in [4.69, 9.17) is 4.74 Å². The van der Waals surface area contributed by atoms with Gasteiger partial charge in [-0.25, -0.2) is 14.6 Å². The third-order valence-electron chi connectivity index (χ3n) is 3.50. The summed E-state index contributed by atoms with van der Waals surface area (Å²) in [6.07, 6.45) is 0. The highest BCUT2D eigenvalue weighted by molar-refractivity contribution is 7.17. The molecule has 0 saturated carbocycles. The zero-order valence-corrected chi connectivity index (χ0v) is 15.3. The van der Waals surface area contributed by atoms with E-state index in [9.17, 15) is 9.59 Å². The van der Waals surface area contributed by atoms with Crippen LogP contribution in [0.5, 0.6) is 0 Å². The topological polar surface area (TPSA) is 65.5 Å². The normalized spacial score (nSPS) is 10.5. The Morgan fingerprint density at radius 2 is 1.88 bits per heavy atom. The highest BCUT2D eigenvalue weighted by Crippen LogP contribution is 2.29. The van der Waals surface area contributed by atoms with Crippen LogP contribution in [0.4, 0.5) is 0 Å². The van der Waals surface area contributed by atoms with Gasteiger partial charge in [-0.2, -0.15) is 11.3 Å². The quantitative estimate of drug-likeness (QED) is 0.623. The van der Waals surface area contributed by atoms with Gasteiger partial charge in [0.1, 0.15) is 16.5 Å². The molecule has 0 fully saturated rings. The summed E-state index contributed by atoms with van der Waals surface area (Å²) in [5.74, 6) is -0.793. The van der Waals surface area contributed by atoms with E-state index in [0.29, 0.717) is 16.1 Å². The molecule has 0 aliphatic heterocycles. The summed E-state index contributed by atoms with van der Waals surface area (Å²) < 4.78 is 10.0. The fraction of sp³-hybridized carbons (Fsp3) is 0.167. The van der Waals surface area contributed by atoms with Gasteiger partial charge in [0.15, 0.2) is 0 Å². The fourth-order valence-electron chi connectivity index (χ4n) is 2.16. The maximum Gasteiger partial charge on any atom is 0.350 e. The van der Waals surface area contributed by atoms with Gasteiger partial charge in [0.05, 0.1) is 18.4 Å². The molecule has 128 valence electrons. The minimum absolute atomic E-state index is 0.130. The molecule has 0 spiro atoms. The van der Waals surface area contributed by atoms with Crippen molar-refractivity contribution in [3.8, 4) is 10.6 Å². The lowest BCUT2D eigenvalue weighted by atomic mass is 10.1. The van der Waals surface area contributed by atoms with Crippen molar-refractivity contribution in [3.63, 3.8) is 0 Å². The number of methoxy groups -OCH3 is 1. The highest BCUT2D eigenvalue weighted by atomic mass is 32.1. The van der Waals surface area contributed by atoms with E-state index in [1.807, 2.05) is 16.8 Å². The maximum atomic E-state index is 12.3. The second kappa shape index (κ2) is 7.58. The fourth-order valence-corrected chi connectivity index (χ4v) is 3.84. The van der Waals surface area contributed by atoms with Gasteiger partial charge in [-0.3, -0.25) is 0 Å². The van der Waals surface area contributed by atoms with Crippen LogP contribution in [0.15, 0.2) is 41.1 Å². The first kappa shape index (κ1) is 17.3. The molecule has 0 N–H and O–H groups in total. The number of aromatic nitrogens is 1. The molecule has 0 radical (unpaired) electrons. The smallest absolute Gasteiger partial charge is 0.350 e. The first-order valence-corrected chi connectivity index (χ1v) is 9.19. The second-order valence-electron chi connectivity index (χ2n) is 5.21. The van der Waals surface area contributed by atoms with Crippen molar-refractivity contribution in [2.75, 3.05) is 7.11 Å². The minimum atomic E-state index is -0.398. The van der Waals surface area contributed by atoms with Crippen LogP contribution < -0.4 is 0 Å². The van der Waals surface area contributed by atoms with Gasteiger partial charge in [-0.05, 0) is 36.1 Å². The number of esters is 2. The van der Waals surface area contributed by atoms with Crippen molar-refractivity contribution < 1.29 is 19.1 Å². The van der Waals surface area contributed by atoms with Crippen LogP contribution in [0.25, 0.3) is 10.6 Å². The zero-order chi connectivity index (χ0) is 17.8. The molecule has 0 saturated heterocycles. The number of thiophene rings is 1. The predicted octanol–water partition coefficient (Wildman–Crippen LogP) is 4.32. The number of hydrogen-bond acceptors (Lipinski definition) is 7. The summed E-state index contributed by atoms with van der Waals surface area (Å²) in [6, 6.07) is 8.72. The molecule has 2 heterocycles. The van der Waals surface area contributed by atoms with Gasteiger partial charge in [0.2, 0.25) is 0 Å². The number of ether oxygens (including phenoxy) is 2. The molecule has 0 aliphatic rings. The molecule has 5 nitrogen and oxygen atoms in total. The second-order valence-corrected chi connectivity index (χ2v) is 6.99. The van der Waals surface area contributed by atoms with Crippen LogP contribution in [0, 0.1) is 6.92 Å². The standard InChI is InChI=1S/C18H15NO4S2/c1-11-15(25-16(19-11)14-7-8-24-10-14)18(21)23-9-12-3-5-13(6-4-12)17(20)22-2/h3-8,10H,9H2,1-2H3. The highest BCUT2D eigenvalue weighted by Gasteiger charge is 2.18. The van der Waals surface area contributed by atoms with Crippen molar-refractivity contribution in [3.05, 3.63) is 62.8 Å². The van der Waals surface area contributed by atoms with E-state index >= 15 is 0 Å². The number of carbonyl (C=O) groups excluding carboxylic acids is 2. The molecule has 1 aromatic carbocycles. The van der Waals surface area contributed by atoms with Crippen LogP contribution in [0.3, 0.4) is 0 Å². The molecule has 0 aliphatic carbocycles. The molecule has 3 aromatic rings. The van der Waals surface area contributed by atoms with Gasteiger partial charge in [0.25, 0.3) is 0 Å². The van der Waals surface area contributed by atoms with E-state index in [2.05, 4.69) is 9.72 Å². The summed E-state index contributed by atoms with van der Waals surface area (Å²) in [6.45, 7) is 1.93. The van der Waals surface area contributed by atoms with Crippen molar-refractivity contribution in [1.82, 2.24) is 4.98 Å². The Morgan fingerprint density at radius 3 is 2.52 bits per heavy atom. The Hall–Kier alpha value is -2.51. The summed E-state index contributed by atoms with van der Waals surface area (Å²) in [5.41, 5.74) is 2.92. The summed E-state index contributed by atoms with van der Waals surface area (Å²) >= 11 is 2.92. The van der Waals surface area contributed by atoms with E-state index in [0.717, 1.165) is 16.1 Å². The first-order valence-electron chi connectivity index (χ1n) is 7.43. The van der Waals surface area contributed by atoms with Crippen LogP contribution in [0.2, 0.25) is 0 Å². The summed E-state index contributed by atoms with van der Waals surface area (Å²) in [4.78, 5) is 28.7. The van der Waals surface area contributed by atoms with E-state index in [1.165, 1.54) is 18.4 Å². The summed E-state index contributed by atoms with van der Waals surface area (Å²) in [7, 11) is 1.33. The number of nitrogens with zero attached hydrogens (tertiary/aromatic N) is 1. The largest absolute Gasteiger partial charge is 0.465 e. The lowest BCUT2D eigenvalue weighted by Gasteiger charge is -2.05. The van der Waals surface area contributed by atoms with Crippen LogP contribution in [-0.2, 0) is 16.1 Å². The van der Waals surface area contributed by atoms with Crippen molar-refractivity contribution >= 4 is 34.6 Å². The lowest BCUT2D eigenvalue weighted by molar-refractivity contribution is 0.0476. The molecule has 7 heteroatoms. The number of aryl methyl sites for hydroxylation is 1. The van der Waals surface area contributed by atoms with Gasteiger partial charge in [-0.1, -0.05) is 12.1 Å². The molecule has 0 atom stereocenters. The average molecular weight is 373 g/mol. The Morgan fingerprint density at radius 1 is 1.12 bits per heavy atom. The van der Waals surface area contributed by atoms with E-state index < -0.39 is 11.9 Å². The molecule has 0 amide bonds. The Kier molecular flexibility index (Phi) is 5.25. The van der Waals surface area contributed by atoms with Crippen LogP contribution >= 0.6 is 22.7 Å². The molecule has 0 unspecified atom stereocenters. The summed E-state index contributed by atoms with van der Waals surface area (Å²) in [5, 5.41) is 4.78. The van der Waals surface area contributed by atoms with Crippen molar-refractivity contribution in [1.29, 1.82) is 0 Å². The van der Waals surface area contributed by atoms with Gasteiger partial charge in [0, 0.05) is 10.9 Å².